The molecule has 254 valence electrons. The van der Waals surface area contributed by atoms with E-state index in [0.717, 1.165) is 49.8 Å². The highest BCUT2D eigenvalue weighted by molar-refractivity contribution is 6.35. The molecule has 2 aliphatic rings. The molecule has 2 aliphatic heterocycles. The van der Waals surface area contributed by atoms with Crippen molar-refractivity contribution in [1.82, 2.24) is 9.97 Å². The number of nitrogens with one attached hydrogen (secondary N) is 2. The lowest BCUT2D eigenvalue weighted by Crippen LogP contribution is -2.50. The number of aliphatic hydroxyl groups is 1. The number of halogens is 2. The third kappa shape index (κ3) is 5.37. The van der Waals surface area contributed by atoms with E-state index in [1.807, 2.05) is 66.7 Å². The van der Waals surface area contributed by atoms with Gasteiger partial charge < -0.3 is 34.0 Å². The van der Waals surface area contributed by atoms with Crippen LogP contribution in [0.15, 0.2) is 85.2 Å². The van der Waals surface area contributed by atoms with E-state index in [4.69, 9.17) is 42.1 Å². The number of aromatic amines is 2. The average Bonchev–Trinajstić information content (AvgIpc) is 3.70. The molecule has 0 aliphatic carbocycles. The van der Waals surface area contributed by atoms with E-state index in [-0.39, 0.29) is 18.6 Å². The van der Waals surface area contributed by atoms with Crippen molar-refractivity contribution in [2.75, 3.05) is 46.8 Å². The fourth-order valence-corrected chi connectivity index (χ4v) is 7.39. The van der Waals surface area contributed by atoms with Crippen molar-refractivity contribution in [3.63, 3.8) is 0 Å². The van der Waals surface area contributed by atoms with Crippen LogP contribution in [0.2, 0.25) is 10.0 Å². The fraction of sp³-hybridized carbons (Fsp3) is 0.231. The minimum atomic E-state index is -0.500. The number of ether oxygens (including phenoxy) is 4. The summed E-state index contributed by atoms with van der Waals surface area (Å²) in [5.74, 6) is -0.883. The second-order valence-electron chi connectivity index (χ2n) is 13.1. The summed E-state index contributed by atoms with van der Waals surface area (Å²) in [6.45, 7) is 1.95. The van der Waals surface area contributed by atoms with Gasteiger partial charge in [0.25, 0.3) is 0 Å². The molecule has 0 spiro atoms. The van der Waals surface area contributed by atoms with Crippen molar-refractivity contribution in [3.05, 3.63) is 117 Å². The lowest BCUT2D eigenvalue weighted by molar-refractivity contribution is -0.0881. The largest absolute Gasteiger partial charge is 0.465 e. The van der Waals surface area contributed by atoms with Gasteiger partial charge in [0.15, 0.2) is 0 Å². The van der Waals surface area contributed by atoms with Crippen LogP contribution in [-0.2, 0) is 29.8 Å². The van der Waals surface area contributed by atoms with Crippen molar-refractivity contribution in [1.29, 1.82) is 0 Å². The van der Waals surface area contributed by atoms with Gasteiger partial charge in [-0.1, -0.05) is 71.7 Å². The van der Waals surface area contributed by atoms with Crippen LogP contribution in [-0.4, -0.2) is 73.8 Å². The highest BCUT2D eigenvalue weighted by Gasteiger charge is 2.42. The maximum absolute atomic E-state index is 13.6. The first kappa shape index (κ1) is 32.6. The van der Waals surface area contributed by atoms with Crippen molar-refractivity contribution >= 4 is 56.9 Å². The summed E-state index contributed by atoms with van der Waals surface area (Å²) in [4.78, 5) is 32.1. The number of methoxy groups -OCH3 is 1. The van der Waals surface area contributed by atoms with Crippen molar-refractivity contribution in [2.45, 2.75) is 10.8 Å². The number of benzene rings is 4. The van der Waals surface area contributed by atoms with Crippen molar-refractivity contribution < 1.29 is 33.6 Å². The second-order valence-corrected chi connectivity index (χ2v) is 13.9. The Balaban J connectivity index is 1.01. The van der Waals surface area contributed by atoms with Gasteiger partial charge in [-0.05, 0) is 46.5 Å². The third-order valence-corrected chi connectivity index (χ3v) is 10.7. The van der Waals surface area contributed by atoms with E-state index in [2.05, 4.69) is 9.97 Å². The number of hydrogen-bond acceptors (Lipinski definition) is 7. The topological polar surface area (TPSA) is 123 Å². The van der Waals surface area contributed by atoms with Crippen molar-refractivity contribution in [3.8, 4) is 22.3 Å². The fourth-order valence-electron chi connectivity index (χ4n) is 6.84. The van der Waals surface area contributed by atoms with Gasteiger partial charge in [-0.3, -0.25) is 0 Å². The summed E-state index contributed by atoms with van der Waals surface area (Å²) >= 11 is 13.4. The molecule has 3 N–H and O–H groups in total. The van der Waals surface area contributed by atoms with Crippen LogP contribution >= 0.6 is 23.2 Å². The number of hydrogen-bond donors (Lipinski definition) is 3. The summed E-state index contributed by atoms with van der Waals surface area (Å²) in [6, 6.07) is 23.2. The SMILES string of the molecule is COC(=O)c1c[nH]c2cc(Cl)c(-c3ccc(C4(COC(=O)c5c[nH]c6cc(Cl)c(-c7ccc(C8(CO)COC8)cc7)cc56)COC4)cc3)cc12. The lowest BCUT2D eigenvalue weighted by Gasteiger charge is -2.41. The Labute approximate surface area is 297 Å². The molecular weight excluding hydrogens is 679 g/mol. The van der Waals surface area contributed by atoms with Crippen LogP contribution in [0.25, 0.3) is 44.1 Å². The van der Waals surface area contributed by atoms with Gasteiger partial charge in [0.05, 0.1) is 72.1 Å². The Hall–Kier alpha value is -4.64. The van der Waals surface area contributed by atoms with Crippen LogP contribution < -0.4 is 0 Å². The smallest absolute Gasteiger partial charge is 0.340 e. The monoisotopic (exact) mass is 710 g/mol. The molecule has 0 saturated carbocycles. The van der Waals surface area contributed by atoms with E-state index in [1.54, 1.807) is 18.5 Å². The van der Waals surface area contributed by atoms with Gasteiger partial charge in [-0.2, -0.15) is 0 Å². The standard InChI is InChI=1S/C39H32Cl2N2O7/c1-47-36(45)30-14-42-34-12-32(40)26(10-28(30)34)23-4-8-25(9-5-23)39(19-49-20-39)21-50-37(46)31-15-43-35-13-33(41)27(11-29(31)35)22-2-6-24(7-3-22)38(16-44)17-48-18-38/h2-15,42-44H,16-21H2,1H3. The minimum Gasteiger partial charge on any atom is -0.465 e. The van der Waals surface area contributed by atoms with E-state index in [1.165, 1.54) is 7.11 Å². The molecule has 11 heteroatoms. The Kier molecular flexibility index (Phi) is 8.20. The Morgan fingerprint density at radius 3 is 1.60 bits per heavy atom. The van der Waals surface area contributed by atoms with E-state index < -0.39 is 17.4 Å². The number of carbonyl (C=O) groups is 2. The molecule has 0 radical (unpaired) electrons. The summed E-state index contributed by atoms with van der Waals surface area (Å²) in [5, 5.41) is 12.4. The maximum Gasteiger partial charge on any atom is 0.340 e. The normalized spacial score (nSPS) is 16.2. The molecule has 2 fully saturated rings. The molecule has 50 heavy (non-hydrogen) atoms. The molecule has 0 bridgehead atoms. The number of H-pyrrole nitrogens is 2. The van der Waals surface area contributed by atoms with E-state index in [9.17, 15) is 14.7 Å². The number of aliphatic hydroxyl groups excluding tert-OH is 1. The molecule has 4 heterocycles. The molecule has 4 aromatic carbocycles. The highest BCUT2D eigenvalue weighted by Crippen LogP contribution is 2.39. The quantitative estimate of drug-likeness (QED) is 0.133. The minimum absolute atomic E-state index is 0.0210. The van der Waals surface area contributed by atoms with Gasteiger partial charge >= 0.3 is 11.9 Å². The zero-order chi connectivity index (χ0) is 34.6. The van der Waals surface area contributed by atoms with Gasteiger partial charge in [0, 0.05) is 45.3 Å². The van der Waals surface area contributed by atoms with E-state index in [0.29, 0.717) is 53.0 Å². The maximum atomic E-state index is 13.6. The molecule has 0 unspecified atom stereocenters. The first-order chi connectivity index (χ1) is 24.2. The summed E-state index contributed by atoms with van der Waals surface area (Å²) in [5.41, 5.74) is 6.75. The molecule has 6 aromatic rings. The summed E-state index contributed by atoms with van der Waals surface area (Å²) in [6.07, 6.45) is 3.26. The zero-order valence-corrected chi connectivity index (χ0v) is 28.5. The molecular formula is C39H32Cl2N2O7. The average molecular weight is 712 g/mol. The predicted molar refractivity (Wildman–Crippen MR) is 191 cm³/mol. The first-order valence-electron chi connectivity index (χ1n) is 16.1. The molecule has 8 rings (SSSR count). The molecule has 2 aromatic heterocycles. The van der Waals surface area contributed by atoms with E-state index >= 15 is 0 Å². The number of carbonyl (C=O) groups excluding carboxylic acids is 2. The van der Waals surface area contributed by atoms with Gasteiger partial charge in [-0.15, -0.1) is 0 Å². The number of fused-ring (bicyclic) bond motifs is 2. The summed E-state index contributed by atoms with van der Waals surface area (Å²) < 4.78 is 21.9. The number of esters is 2. The van der Waals surface area contributed by atoms with Crippen LogP contribution in [0.5, 0.6) is 0 Å². The lowest BCUT2D eigenvalue weighted by atomic mass is 9.79. The third-order valence-electron chi connectivity index (χ3n) is 10.1. The van der Waals surface area contributed by atoms with Gasteiger partial charge in [0.2, 0.25) is 0 Å². The van der Waals surface area contributed by atoms with Crippen LogP contribution in [0.1, 0.15) is 31.8 Å². The molecule has 9 nitrogen and oxygen atoms in total. The molecule has 2 saturated heterocycles. The second kappa shape index (κ2) is 12.6. The Bertz CT molecular complexity index is 2260. The molecule has 0 amide bonds. The van der Waals surface area contributed by atoms with Crippen LogP contribution in [0.3, 0.4) is 0 Å². The molecule has 0 atom stereocenters. The first-order valence-corrected chi connectivity index (χ1v) is 16.8. The van der Waals surface area contributed by atoms with Crippen LogP contribution in [0, 0.1) is 0 Å². The van der Waals surface area contributed by atoms with Gasteiger partial charge in [-0.25, -0.2) is 9.59 Å². The Morgan fingerprint density at radius 2 is 1.18 bits per heavy atom. The Morgan fingerprint density at radius 1 is 0.720 bits per heavy atom. The predicted octanol–water partition coefficient (Wildman–Crippen LogP) is 7.46. The van der Waals surface area contributed by atoms with Gasteiger partial charge in [0.1, 0.15) is 6.61 Å². The van der Waals surface area contributed by atoms with Crippen LogP contribution in [0.4, 0.5) is 0 Å². The number of rotatable bonds is 9. The number of aromatic nitrogens is 2. The summed E-state index contributed by atoms with van der Waals surface area (Å²) in [7, 11) is 1.35. The van der Waals surface area contributed by atoms with Crippen molar-refractivity contribution in [2.24, 2.45) is 0 Å². The zero-order valence-electron chi connectivity index (χ0n) is 27.0. The highest BCUT2D eigenvalue weighted by atomic mass is 35.5.